The van der Waals surface area contributed by atoms with E-state index in [9.17, 15) is 14.3 Å². The quantitative estimate of drug-likeness (QED) is 0.788. The minimum atomic E-state index is -1.58. The monoisotopic (exact) mass is 321 g/mol. The van der Waals surface area contributed by atoms with Crippen LogP contribution in [0.3, 0.4) is 0 Å². The molecule has 2 unspecified atom stereocenters. The van der Waals surface area contributed by atoms with Crippen LogP contribution in [0.5, 0.6) is 0 Å². The number of benzene rings is 1. The molecule has 124 valence electrons. The molecule has 1 aromatic carbocycles. The molecular weight excluding hydrogens is 301 g/mol. The van der Waals surface area contributed by atoms with Gasteiger partial charge in [0.15, 0.2) is 0 Å². The van der Waals surface area contributed by atoms with E-state index < -0.39 is 23.3 Å². The maximum Gasteiger partial charge on any atom is 0.312 e. The first-order valence-electron chi connectivity index (χ1n) is 7.48. The SMILES string of the molecule is CCOC(=O)C(CC)C(O)(Cn1cncn1)c1ccc(F)cc1. The molecule has 1 heterocycles. The molecule has 0 saturated heterocycles. The highest BCUT2D eigenvalue weighted by atomic mass is 19.1. The van der Waals surface area contributed by atoms with Crippen molar-refractivity contribution in [3.05, 3.63) is 48.3 Å². The Labute approximate surface area is 133 Å². The van der Waals surface area contributed by atoms with Crippen LogP contribution in [0.4, 0.5) is 4.39 Å². The number of carbonyl (C=O) groups is 1. The largest absolute Gasteiger partial charge is 0.466 e. The molecule has 0 radical (unpaired) electrons. The summed E-state index contributed by atoms with van der Waals surface area (Å²) in [6, 6.07) is 5.43. The number of aliphatic hydroxyl groups is 1. The van der Waals surface area contributed by atoms with Gasteiger partial charge in [0.1, 0.15) is 24.1 Å². The molecule has 23 heavy (non-hydrogen) atoms. The van der Waals surface area contributed by atoms with Crippen molar-refractivity contribution in [1.82, 2.24) is 14.8 Å². The summed E-state index contributed by atoms with van der Waals surface area (Å²) in [6.07, 6.45) is 3.16. The number of rotatable bonds is 7. The van der Waals surface area contributed by atoms with E-state index in [-0.39, 0.29) is 13.2 Å². The molecule has 0 aliphatic heterocycles. The zero-order valence-electron chi connectivity index (χ0n) is 13.1. The maximum atomic E-state index is 13.2. The predicted molar refractivity (Wildman–Crippen MR) is 80.7 cm³/mol. The summed E-state index contributed by atoms with van der Waals surface area (Å²) >= 11 is 0. The number of hydrogen-bond acceptors (Lipinski definition) is 5. The fraction of sp³-hybridized carbons (Fsp3) is 0.438. The first kappa shape index (κ1) is 17.1. The van der Waals surface area contributed by atoms with Crippen molar-refractivity contribution in [1.29, 1.82) is 0 Å². The average molecular weight is 321 g/mol. The van der Waals surface area contributed by atoms with Gasteiger partial charge in [0, 0.05) is 0 Å². The van der Waals surface area contributed by atoms with Crippen LogP contribution in [0.15, 0.2) is 36.9 Å². The number of nitrogens with zero attached hydrogens (tertiary/aromatic N) is 3. The number of halogens is 1. The minimum absolute atomic E-state index is 0.00987. The Balaban J connectivity index is 2.44. The number of carbonyl (C=O) groups excluding carboxylic acids is 1. The Bertz CT molecular complexity index is 631. The Kier molecular flexibility index (Phi) is 5.44. The van der Waals surface area contributed by atoms with Crippen molar-refractivity contribution in [2.75, 3.05) is 6.61 Å². The second-order valence-corrected chi connectivity index (χ2v) is 5.24. The van der Waals surface area contributed by atoms with Crippen molar-refractivity contribution in [2.45, 2.75) is 32.4 Å². The van der Waals surface area contributed by atoms with Crippen LogP contribution in [0.25, 0.3) is 0 Å². The molecule has 1 aromatic heterocycles. The lowest BCUT2D eigenvalue weighted by Crippen LogP contribution is -2.44. The van der Waals surface area contributed by atoms with Gasteiger partial charge in [-0.2, -0.15) is 5.10 Å². The molecule has 2 aromatic rings. The normalized spacial score (nSPS) is 15.0. The van der Waals surface area contributed by atoms with Gasteiger partial charge < -0.3 is 9.84 Å². The van der Waals surface area contributed by atoms with Gasteiger partial charge >= 0.3 is 5.97 Å². The van der Waals surface area contributed by atoms with Crippen LogP contribution < -0.4 is 0 Å². The molecule has 0 bridgehead atoms. The molecule has 6 nitrogen and oxygen atoms in total. The Morgan fingerprint density at radius 3 is 2.61 bits per heavy atom. The molecule has 0 aliphatic carbocycles. The van der Waals surface area contributed by atoms with Crippen LogP contribution >= 0.6 is 0 Å². The average Bonchev–Trinajstić information content (AvgIpc) is 3.01. The standard InChI is InChI=1S/C16H20FN3O3/c1-3-14(15(21)23-4-2)16(22,9-20-11-18-10-19-20)12-5-7-13(17)8-6-12/h5-8,10-11,14,22H,3-4,9H2,1-2H3. The summed E-state index contributed by atoms with van der Waals surface area (Å²) < 4.78 is 19.7. The van der Waals surface area contributed by atoms with Crippen LogP contribution in [0.2, 0.25) is 0 Å². The molecule has 0 amide bonds. The second kappa shape index (κ2) is 7.32. The molecule has 0 spiro atoms. The van der Waals surface area contributed by atoms with E-state index in [0.29, 0.717) is 12.0 Å². The Morgan fingerprint density at radius 2 is 2.09 bits per heavy atom. The lowest BCUT2D eigenvalue weighted by Gasteiger charge is -2.34. The van der Waals surface area contributed by atoms with Gasteiger partial charge in [-0.25, -0.2) is 14.1 Å². The Morgan fingerprint density at radius 1 is 1.39 bits per heavy atom. The summed E-state index contributed by atoms with van der Waals surface area (Å²) in [6.45, 7) is 3.73. The molecule has 1 N–H and O–H groups in total. The fourth-order valence-corrected chi connectivity index (χ4v) is 2.64. The van der Waals surface area contributed by atoms with Gasteiger partial charge in [-0.15, -0.1) is 0 Å². The molecule has 0 fully saturated rings. The molecule has 0 aliphatic rings. The third-order valence-corrected chi connectivity index (χ3v) is 3.77. The predicted octanol–water partition coefficient (Wildman–Crippen LogP) is 1.89. The molecule has 0 saturated carbocycles. The van der Waals surface area contributed by atoms with Crippen molar-refractivity contribution in [2.24, 2.45) is 5.92 Å². The van der Waals surface area contributed by atoms with Gasteiger partial charge in [-0.1, -0.05) is 19.1 Å². The van der Waals surface area contributed by atoms with E-state index >= 15 is 0 Å². The summed E-state index contributed by atoms with van der Waals surface area (Å²) in [5.41, 5.74) is -1.16. The van der Waals surface area contributed by atoms with E-state index in [0.717, 1.165) is 0 Å². The zero-order chi connectivity index (χ0) is 16.9. The third-order valence-electron chi connectivity index (χ3n) is 3.77. The highest BCUT2D eigenvalue weighted by Gasteiger charge is 2.43. The number of hydrogen-bond donors (Lipinski definition) is 1. The number of aromatic nitrogens is 3. The van der Waals surface area contributed by atoms with Crippen LogP contribution in [-0.2, 0) is 21.7 Å². The first-order chi connectivity index (χ1) is 11.0. The fourth-order valence-electron chi connectivity index (χ4n) is 2.64. The Hall–Kier alpha value is -2.28. The lowest BCUT2D eigenvalue weighted by molar-refractivity contribution is -0.161. The van der Waals surface area contributed by atoms with Crippen molar-refractivity contribution >= 4 is 5.97 Å². The zero-order valence-corrected chi connectivity index (χ0v) is 13.1. The summed E-state index contributed by atoms with van der Waals surface area (Å²) in [5, 5.41) is 15.3. The highest BCUT2D eigenvalue weighted by Crippen LogP contribution is 2.34. The van der Waals surface area contributed by atoms with E-state index in [1.807, 2.05) is 0 Å². The molecular formula is C16H20FN3O3. The smallest absolute Gasteiger partial charge is 0.312 e. The maximum absolute atomic E-state index is 13.2. The van der Waals surface area contributed by atoms with Gasteiger partial charge in [0.25, 0.3) is 0 Å². The van der Waals surface area contributed by atoms with E-state index in [2.05, 4.69) is 10.1 Å². The minimum Gasteiger partial charge on any atom is -0.466 e. The van der Waals surface area contributed by atoms with Crippen LogP contribution in [0, 0.1) is 11.7 Å². The van der Waals surface area contributed by atoms with Crippen molar-refractivity contribution < 1.29 is 19.0 Å². The molecule has 2 rings (SSSR count). The van der Waals surface area contributed by atoms with E-state index in [1.165, 1.54) is 41.6 Å². The molecule has 2 atom stereocenters. The van der Waals surface area contributed by atoms with E-state index in [4.69, 9.17) is 4.74 Å². The second-order valence-electron chi connectivity index (χ2n) is 5.24. The summed E-state index contributed by atoms with van der Waals surface area (Å²) in [4.78, 5) is 16.1. The van der Waals surface area contributed by atoms with Gasteiger partial charge in [-0.05, 0) is 31.0 Å². The van der Waals surface area contributed by atoms with Gasteiger partial charge in [-0.3, -0.25) is 4.79 Å². The number of esters is 1. The van der Waals surface area contributed by atoms with Gasteiger partial charge in [0.2, 0.25) is 0 Å². The van der Waals surface area contributed by atoms with Crippen LogP contribution in [-0.4, -0.2) is 32.4 Å². The molecule has 7 heteroatoms. The third kappa shape index (κ3) is 3.73. The lowest BCUT2D eigenvalue weighted by atomic mass is 9.79. The van der Waals surface area contributed by atoms with Crippen molar-refractivity contribution in [3.8, 4) is 0 Å². The highest BCUT2D eigenvalue weighted by molar-refractivity contribution is 5.74. The topological polar surface area (TPSA) is 77.2 Å². The van der Waals surface area contributed by atoms with E-state index in [1.54, 1.807) is 13.8 Å². The summed E-state index contributed by atoms with van der Waals surface area (Å²) in [5.74, 6) is -1.72. The van der Waals surface area contributed by atoms with Gasteiger partial charge in [0.05, 0.1) is 19.1 Å². The van der Waals surface area contributed by atoms with Crippen LogP contribution in [0.1, 0.15) is 25.8 Å². The van der Waals surface area contributed by atoms with Crippen molar-refractivity contribution in [3.63, 3.8) is 0 Å². The first-order valence-corrected chi connectivity index (χ1v) is 7.48. The number of ether oxygens (including phenoxy) is 1. The summed E-state index contributed by atoms with van der Waals surface area (Å²) in [7, 11) is 0.